The van der Waals surface area contributed by atoms with Gasteiger partial charge in [0.2, 0.25) is 0 Å². The summed E-state index contributed by atoms with van der Waals surface area (Å²) in [6, 6.07) is 28.5. The molecule has 13 rings (SSSR count). The molecule has 4 aromatic carbocycles. The van der Waals surface area contributed by atoms with Crippen molar-refractivity contribution in [3.63, 3.8) is 0 Å². The van der Waals surface area contributed by atoms with Gasteiger partial charge >= 0.3 is 0 Å². The smallest absolute Gasteiger partial charge is 0.278 e. The van der Waals surface area contributed by atoms with Crippen LogP contribution in [0.2, 0.25) is 0 Å². The highest BCUT2D eigenvalue weighted by Gasteiger charge is 2.28. The van der Waals surface area contributed by atoms with Gasteiger partial charge < -0.3 is 30.8 Å². The molecule has 0 saturated heterocycles. The molecular weight excluding hydrogens is 1830 g/mol. The molecule has 0 bridgehead atoms. The summed E-state index contributed by atoms with van der Waals surface area (Å²) in [5.41, 5.74) is 15.8. The maximum Gasteiger partial charge on any atom is 0.278 e. The highest BCUT2D eigenvalue weighted by molar-refractivity contribution is 14.1. The number of carbonyl (C=O) groups excluding carboxylic acids is 4. The van der Waals surface area contributed by atoms with Crippen molar-refractivity contribution in [1.29, 1.82) is 0 Å². The maximum absolute atomic E-state index is 14.3. The molecular formula is C76H68F4I3N9O13S4. The highest BCUT2D eigenvalue weighted by Crippen LogP contribution is 2.39. The third kappa shape index (κ3) is 22.7. The fraction of sp³-hybridized carbons (Fsp3) is 0.237. The monoisotopic (exact) mass is 1900 g/mol. The number of hydrogen-bond acceptors (Lipinski definition) is 22. The Labute approximate surface area is 678 Å². The van der Waals surface area contributed by atoms with Gasteiger partial charge in [-0.05, 0) is 226 Å². The van der Waals surface area contributed by atoms with Crippen LogP contribution >= 0.6 is 113 Å². The average molecular weight is 1900 g/mol. The molecule has 12 aromatic rings. The molecule has 22 nitrogen and oxygen atoms in total. The van der Waals surface area contributed by atoms with Gasteiger partial charge in [-0.15, -0.1) is 40.4 Å². The number of aryl methyl sites for hydroxylation is 3. The first-order valence-electron chi connectivity index (χ1n) is 33.2. The van der Waals surface area contributed by atoms with Gasteiger partial charge in [-0.2, -0.15) is 0 Å². The summed E-state index contributed by atoms with van der Waals surface area (Å²) >= 11 is 11.5. The molecule has 1 saturated carbocycles. The number of benzene rings is 4. The van der Waals surface area contributed by atoms with Crippen molar-refractivity contribution >= 4 is 188 Å². The summed E-state index contributed by atoms with van der Waals surface area (Å²) in [7, 11) is 0. The van der Waals surface area contributed by atoms with Crippen LogP contribution in [0, 0.1) is 73.0 Å². The van der Waals surface area contributed by atoms with E-state index in [1.807, 2.05) is 102 Å². The van der Waals surface area contributed by atoms with Crippen LogP contribution in [0.25, 0.3) is 40.9 Å². The van der Waals surface area contributed by atoms with Gasteiger partial charge in [0.25, 0.3) is 23.6 Å². The molecule has 33 heteroatoms. The quantitative estimate of drug-likeness (QED) is 0.00792. The van der Waals surface area contributed by atoms with Gasteiger partial charge in [-0.25, -0.2) is 59.4 Å². The molecule has 0 spiro atoms. The van der Waals surface area contributed by atoms with Crippen LogP contribution in [0.4, 0.5) is 28.3 Å². The van der Waals surface area contributed by atoms with Crippen LogP contribution in [0.15, 0.2) is 128 Å². The van der Waals surface area contributed by atoms with Gasteiger partial charge in [0.1, 0.15) is 73.0 Å². The number of halogens is 7. The molecule has 109 heavy (non-hydrogen) atoms. The molecule has 0 aliphatic heterocycles. The number of terminal acetylenes is 1. The Kier molecular flexibility index (Phi) is 30.5. The second kappa shape index (κ2) is 39.8. The van der Waals surface area contributed by atoms with E-state index in [1.165, 1.54) is 75.7 Å². The normalized spacial score (nSPS) is 12.3. The van der Waals surface area contributed by atoms with Gasteiger partial charge in [0.15, 0.2) is 0 Å². The number of rotatable bonds is 26. The lowest BCUT2D eigenvalue weighted by atomic mass is 10.0. The van der Waals surface area contributed by atoms with E-state index in [-0.39, 0.29) is 73.9 Å². The van der Waals surface area contributed by atoms with E-state index < -0.39 is 49.0 Å². The summed E-state index contributed by atoms with van der Waals surface area (Å²) in [5, 5.41) is 51.1. The molecule has 1 aliphatic rings. The van der Waals surface area contributed by atoms with Gasteiger partial charge in [0, 0.05) is 96.5 Å². The molecule has 1 aliphatic carbocycles. The molecule has 2 atom stereocenters. The number of fused-ring (bicyclic) bond motifs is 4. The number of thiophene rings is 4. The van der Waals surface area contributed by atoms with E-state index in [0.717, 1.165) is 55.3 Å². The zero-order valence-electron chi connectivity index (χ0n) is 58.0. The predicted octanol–water partition coefficient (Wildman–Crippen LogP) is 13.7. The number of carbonyl (C=O) groups is 4. The SMILES string of the molecule is C#Cc1ccc(Nc2sc3ncccc3c2C(=O)NOCCO)c(F)c1.Cc1cnc2sc(Cc3ccc(I)cc3F)c(C(=O)NOCC3CC3)c2c1.Cc1cnc2sc(Cc3ccc(I)cc3F)c(C(=O)NOC[C@@H](O)CO)c2c1.Cc1cnc2sc(Cc3ccc(I)cc3F)c(C(=O)NOC[C@H](O)CO)c2c1. The van der Waals surface area contributed by atoms with Crippen LogP contribution < -0.4 is 27.2 Å². The minimum atomic E-state index is -1.09. The summed E-state index contributed by atoms with van der Waals surface area (Å²) in [6.07, 6.45) is 13.0. The first-order valence-corrected chi connectivity index (χ1v) is 39.7. The van der Waals surface area contributed by atoms with Gasteiger partial charge in [-0.1, -0.05) is 35.5 Å². The summed E-state index contributed by atoms with van der Waals surface area (Å²) in [4.78, 5) is 93.4. The number of amides is 4. The number of hydroxylamine groups is 4. The van der Waals surface area contributed by atoms with Crippen LogP contribution in [0.3, 0.4) is 0 Å². The summed E-state index contributed by atoms with van der Waals surface area (Å²) < 4.78 is 59.7. The Hall–Kier alpha value is -7.89. The number of anilines is 2. The van der Waals surface area contributed by atoms with Crippen LogP contribution in [0.5, 0.6) is 0 Å². The first-order chi connectivity index (χ1) is 52.4. The van der Waals surface area contributed by atoms with E-state index in [1.54, 1.807) is 61.2 Å². The van der Waals surface area contributed by atoms with Crippen molar-refractivity contribution in [3.05, 3.63) is 238 Å². The first kappa shape index (κ1) is 83.6. The van der Waals surface area contributed by atoms with Crippen molar-refractivity contribution in [2.24, 2.45) is 5.92 Å². The number of nitrogens with zero attached hydrogens (tertiary/aromatic N) is 4. The Morgan fingerprint density at radius 3 is 1.33 bits per heavy atom. The topological polar surface area (TPSA) is 318 Å². The second-order valence-corrected chi connectivity index (χ2v) is 32.5. The van der Waals surface area contributed by atoms with Gasteiger partial charge in [-0.3, -0.25) is 38.5 Å². The van der Waals surface area contributed by atoms with Crippen LogP contribution in [-0.4, -0.2) is 128 Å². The predicted molar refractivity (Wildman–Crippen MR) is 436 cm³/mol. The van der Waals surface area contributed by atoms with Crippen molar-refractivity contribution in [1.82, 2.24) is 41.9 Å². The number of pyridine rings is 4. The van der Waals surface area contributed by atoms with Crippen molar-refractivity contribution in [2.75, 3.05) is 51.6 Å². The van der Waals surface area contributed by atoms with Crippen LogP contribution in [-0.2, 0) is 38.6 Å². The van der Waals surface area contributed by atoms with Crippen LogP contribution in [0.1, 0.15) is 108 Å². The molecule has 8 aromatic heterocycles. The minimum absolute atomic E-state index is 0.0446. The second-order valence-electron chi connectivity index (χ2n) is 24.5. The molecule has 568 valence electrons. The van der Waals surface area contributed by atoms with Crippen molar-refractivity contribution in [3.8, 4) is 12.3 Å². The highest BCUT2D eigenvalue weighted by atomic mass is 127. The van der Waals surface area contributed by atoms with Gasteiger partial charge in [0.05, 0.1) is 61.0 Å². The zero-order valence-corrected chi connectivity index (χ0v) is 67.7. The number of aliphatic hydroxyl groups is 5. The lowest BCUT2D eigenvalue weighted by Crippen LogP contribution is -2.30. The largest absolute Gasteiger partial charge is 0.394 e. The van der Waals surface area contributed by atoms with E-state index in [0.29, 0.717) is 103 Å². The average Bonchev–Trinajstić information content (AvgIpc) is 1.65. The Balaban J connectivity index is 0.000000155. The Morgan fingerprint density at radius 1 is 0.523 bits per heavy atom. The molecule has 0 unspecified atom stereocenters. The van der Waals surface area contributed by atoms with E-state index >= 15 is 0 Å². The zero-order chi connectivity index (χ0) is 78.0. The number of nitrogens with one attached hydrogen (secondary N) is 5. The fourth-order valence-electron chi connectivity index (χ4n) is 10.5. The molecule has 1 fully saturated rings. The summed E-state index contributed by atoms with van der Waals surface area (Å²) in [5.74, 6) is -0.390. The Bertz CT molecular complexity index is 5170. The third-order valence-corrected chi connectivity index (χ3v) is 22.3. The third-order valence-electron chi connectivity index (χ3n) is 16.0. The number of aromatic nitrogens is 4. The van der Waals surface area contributed by atoms with E-state index in [4.69, 9.17) is 41.1 Å². The standard InChI is InChI=1S/C20H18FIN2O2S.2C19H18FIN2O4S.C18H14FN3O3S/c1-11-6-15-18(19(25)24-26-10-12-2-3-12)17(27-20(15)23-9-11)7-13-4-5-14(22)8-16(13)21;2*1-10-4-14-17(18(26)23-27-9-13(25)8-24)16(28-19(14)22-7-10)5-11-2-3-12(21)6-15(11)20;1-2-11-5-6-14(13(19)10-11)21-18-15(16(24)22-25-9-8-23)12-4-3-7-20-17(12)26-18/h4-6,8-9,12H,2-3,7,10H2,1H3,(H,24,25);2*2-4,6-7,13,24-25H,5,8-9H2,1H3,(H,23,26);1,3-7,10,21,23H,8-9H2,(H,22,24)/t;2*13-;/m.10./s1. The molecule has 4 amide bonds. The molecule has 10 N–H and O–H groups in total. The van der Waals surface area contributed by atoms with E-state index in [9.17, 15) is 47.0 Å². The fourth-order valence-corrected chi connectivity index (χ4v) is 16.3. The summed E-state index contributed by atoms with van der Waals surface area (Å²) in [6.45, 7) is 4.50. The lowest BCUT2D eigenvalue weighted by Gasteiger charge is -2.10. The molecule has 8 heterocycles. The lowest BCUT2D eigenvalue weighted by molar-refractivity contribution is -0.0295. The van der Waals surface area contributed by atoms with E-state index in [2.05, 4.69) is 75.7 Å². The molecule has 0 radical (unpaired) electrons. The number of hydrogen-bond donors (Lipinski definition) is 10. The van der Waals surface area contributed by atoms with Crippen molar-refractivity contribution < 1.29 is 81.6 Å². The van der Waals surface area contributed by atoms with Crippen molar-refractivity contribution in [2.45, 2.75) is 65.1 Å². The minimum Gasteiger partial charge on any atom is -0.394 e. The number of aliphatic hydroxyl groups excluding tert-OH is 5. The maximum atomic E-state index is 14.3. The Morgan fingerprint density at radius 2 is 0.936 bits per heavy atom.